The van der Waals surface area contributed by atoms with E-state index in [0.717, 1.165) is 42.3 Å². The van der Waals surface area contributed by atoms with Gasteiger partial charge in [0.1, 0.15) is 11.0 Å². The lowest BCUT2D eigenvalue weighted by molar-refractivity contribution is -0.00383. The van der Waals surface area contributed by atoms with Crippen molar-refractivity contribution in [3.05, 3.63) is 33.8 Å². The van der Waals surface area contributed by atoms with Crippen LogP contribution < -0.4 is 0 Å². The van der Waals surface area contributed by atoms with Crippen LogP contribution in [-0.2, 0) is 22.1 Å². The molecule has 0 heterocycles. The maximum Gasteiger partial charge on any atom is 0.145 e. The molecule has 144 valence electrons. The summed E-state index contributed by atoms with van der Waals surface area (Å²) in [5.74, 6) is 0.528. The lowest BCUT2D eigenvalue weighted by Crippen LogP contribution is -2.41. The quantitative estimate of drug-likeness (QED) is 0.625. The summed E-state index contributed by atoms with van der Waals surface area (Å²) in [6, 6.07) is 6.47. The van der Waals surface area contributed by atoms with E-state index in [1.165, 1.54) is 11.1 Å². The van der Waals surface area contributed by atoms with E-state index in [9.17, 15) is 4.21 Å². The number of methoxy groups -OCH3 is 1. The fourth-order valence-electron chi connectivity index (χ4n) is 4.51. The van der Waals surface area contributed by atoms with E-state index in [1.54, 1.807) is 0 Å². The molecule has 1 saturated carbocycles. The van der Waals surface area contributed by atoms with Crippen LogP contribution in [0.15, 0.2) is 27.1 Å². The average molecular weight is 440 g/mol. The van der Waals surface area contributed by atoms with Crippen molar-refractivity contribution < 1.29 is 8.95 Å². The molecule has 26 heavy (non-hydrogen) atoms. The molecule has 0 saturated heterocycles. The van der Waals surface area contributed by atoms with Crippen molar-refractivity contribution >= 4 is 32.6 Å². The topological polar surface area (TPSA) is 38.7 Å². The fraction of sp³-hybridized carbons (Fsp3) is 0.667. The SMILES string of the molecule is CC[C@@H]1C[C@]2(CC[C@H]1OC)Cc1ccc(Br)cc1C2=N[S@](=O)C(C)(C)C. The van der Waals surface area contributed by atoms with Crippen molar-refractivity contribution in [3.8, 4) is 0 Å². The standard InChI is InChI=1S/C21H30BrNO2S/c1-6-14-12-21(10-9-18(14)25-5)13-15-7-8-16(22)11-17(15)19(21)23-26(24)20(2,3)4/h7-8,11,14,18H,6,9-10,12-13H2,1-5H3/t14-,18-,21-,26-/m1/s1. The van der Waals surface area contributed by atoms with Gasteiger partial charge in [-0.3, -0.25) is 0 Å². The predicted octanol–water partition coefficient (Wildman–Crippen LogP) is 5.47. The first-order valence-electron chi connectivity index (χ1n) is 9.53. The Morgan fingerprint density at radius 1 is 1.38 bits per heavy atom. The summed E-state index contributed by atoms with van der Waals surface area (Å²) in [6.45, 7) is 8.23. The average Bonchev–Trinajstić information content (AvgIpc) is 2.86. The first-order valence-corrected chi connectivity index (χ1v) is 11.4. The van der Waals surface area contributed by atoms with Crippen LogP contribution in [0.5, 0.6) is 0 Å². The molecular weight excluding hydrogens is 410 g/mol. The van der Waals surface area contributed by atoms with Crippen LogP contribution >= 0.6 is 15.9 Å². The zero-order chi connectivity index (χ0) is 19.1. The van der Waals surface area contributed by atoms with Crippen LogP contribution in [0.25, 0.3) is 0 Å². The molecule has 1 fully saturated rings. The summed E-state index contributed by atoms with van der Waals surface area (Å²) in [7, 11) is 0.578. The van der Waals surface area contributed by atoms with Crippen molar-refractivity contribution in [3.63, 3.8) is 0 Å². The van der Waals surface area contributed by atoms with Crippen molar-refractivity contribution in [2.45, 2.75) is 70.7 Å². The lowest BCUT2D eigenvalue weighted by Gasteiger charge is -2.42. The summed E-state index contributed by atoms with van der Waals surface area (Å²) in [5.41, 5.74) is 3.58. The van der Waals surface area contributed by atoms with Gasteiger partial charge >= 0.3 is 0 Å². The van der Waals surface area contributed by atoms with E-state index in [0.29, 0.717) is 12.0 Å². The summed E-state index contributed by atoms with van der Waals surface area (Å²) >= 11 is 3.61. The minimum Gasteiger partial charge on any atom is -0.381 e. The van der Waals surface area contributed by atoms with Gasteiger partial charge in [0.25, 0.3) is 0 Å². The van der Waals surface area contributed by atoms with Crippen molar-refractivity contribution in [2.24, 2.45) is 15.7 Å². The van der Waals surface area contributed by atoms with Gasteiger partial charge in [0.15, 0.2) is 0 Å². The maximum atomic E-state index is 12.9. The van der Waals surface area contributed by atoms with Crippen LogP contribution in [0, 0.1) is 11.3 Å². The second-order valence-corrected chi connectivity index (χ2v) is 11.6. The number of rotatable bonds is 3. The summed E-state index contributed by atoms with van der Waals surface area (Å²) in [4.78, 5) is 0. The number of fused-ring (bicyclic) bond motifs is 1. The molecule has 0 unspecified atom stereocenters. The Balaban J connectivity index is 2.07. The van der Waals surface area contributed by atoms with Gasteiger partial charge in [-0.05, 0) is 70.1 Å². The Morgan fingerprint density at radius 2 is 2.12 bits per heavy atom. The third kappa shape index (κ3) is 3.72. The number of halogens is 1. The van der Waals surface area contributed by atoms with E-state index in [-0.39, 0.29) is 10.2 Å². The Morgan fingerprint density at radius 3 is 2.73 bits per heavy atom. The van der Waals surface area contributed by atoms with Crippen molar-refractivity contribution in [2.75, 3.05) is 7.11 Å². The van der Waals surface area contributed by atoms with Gasteiger partial charge < -0.3 is 4.74 Å². The second kappa shape index (κ2) is 7.48. The highest BCUT2D eigenvalue weighted by atomic mass is 79.9. The Hall–Kier alpha value is -0.520. The molecule has 3 rings (SSSR count). The zero-order valence-corrected chi connectivity index (χ0v) is 18.9. The number of hydrogen-bond donors (Lipinski definition) is 0. The maximum absolute atomic E-state index is 12.9. The van der Waals surface area contributed by atoms with E-state index in [2.05, 4.69) is 41.1 Å². The molecular formula is C21H30BrNO2S. The van der Waals surface area contributed by atoms with E-state index in [4.69, 9.17) is 9.13 Å². The number of nitrogens with zero attached hydrogens (tertiary/aromatic N) is 1. The molecule has 0 aromatic heterocycles. The molecule has 1 aromatic rings. The van der Waals surface area contributed by atoms with Crippen LogP contribution in [0.1, 0.15) is 64.5 Å². The van der Waals surface area contributed by atoms with E-state index in [1.807, 2.05) is 27.9 Å². The molecule has 1 aromatic carbocycles. The van der Waals surface area contributed by atoms with Crippen molar-refractivity contribution in [1.82, 2.24) is 0 Å². The van der Waals surface area contributed by atoms with Crippen LogP contribution in [0.3, 0.4) is 0 Å². The van der Waals surface area contributed by atoms with Gasteiger partial charge in [-0.1, -0.05) is 35.3 Å². The fourth-order valence-corrected chi connectivity index (χ4v) is 5.60. The zero-order valence-electron chi connectivity index (χ0n) is 16.5. The van der Waals surface area contributed by atoms with Crippen LogP contribution in [0.4, 0.5) is 0 Å². The Kier molecular flexibility index (Phi) is 5.82. The molecule has 1 spiro atoms. The molecule has 0 bridgehead atoms. The molecule has 0 amide bonds. The summed E-state index contributed by atoms with van der Waals surface area (Å²) in [6.07, 6.45) is 5.60. The van der Waals surface area contributed by atoms with Gasteiger partial charge in [-0.2, -0.15) is 4.40 Å². The lowest BCUT2D eigenvalue weighted by atomic mass is 9.65. The highest BCUT2D eigenvalue weighted by Crippen LogP contribution is 2.51. The largest absolute Gasteiger partial charge is 0.381 e. The minimum atomic E-state index is -1.25. The molecule has 2 aliphatic rings. The Labute approximate surface area is 168 Å². The van der Waals surface area contributed by atoms with Gasteiger partial charge in [0.2, 0.25) is 0 Å². The number of ether oxygens (including phenoxy) is 1. The highest BCUT2D eigenvalue weighted by Gasteiger charge is 2.49. The molecule has 4 atom stereocenters. The first kappa shape index (κ1) is 20.2. The Bertz CT molecular complexity index is 740. The second-order valence-electron chi connectivity index (χ2n) is 8.75. The molecule has 0 N–H and O–H groups in total. The summed E-state index contributed by atoms with van der Waals surface area (Å²) in [5, 5.41) is 0. The molecule has 0 aliphatic heterocycles. The van der Waals surface area contributed by atoms with Crippen molar-refractivity contribution in [1.29, 1.82) is 0 Å². The van der Waals surface area contributed by atoms with Gasteiger partial charge in [0.05, 0.1) is 16.6 Å². The molecule has 0 radical (unpaired) electrons. The molecule has 3 nitrogen and oxygen atoms in total. The number of benzene rings is 1. The molecule has 5 heteroatoms. The normalized spacial score (nSPS) is 31.4. The smallest absolute Gasteiger partial charge is 0.145 e. The monoisotopic (exact) mass is 439 g/mol. The van der Waals surface area contributed by atoms with Gasteiger partial charge in [-0.15, -0.1) is 0 Å². The van der Waals surface area contributed by atoms with E-state index < -0.39 is 11.0 Å². The van der Waals surface area contributed by atoms with Gasteiger partial charge in [-0.25, -0.2) is 4.21 Å². The summed E-state index contributed by atoms with van der Waals surface area (Å²) < 4.78 is 24.2. The third-order valence-corrected chi connectivity index (χ3v) is 7.86. The highest BCUT2D eigenvalue weighted by molar-refractivity contribution is 9.10. The van der Waals surface area contributed by atoms with E-state index >= 15 is 0 Å². The van der Waals surface area contributed by atoms with Crippen LogP contribution in [-0.4, -0.2) is 27.9 Å². The predicted molar refractivity (Wildman–Crippen MR) is 113 cm³/mol. The number of hydrogen-bond acceptors (Lipinski definition) is 2. The first-order chi connectivity index (χ1) is 12.2. The minimum absolute atomic E-state index is 0.000255. The van der Waals surface area contributed by atoms with Crippen LogP contribution in [0.2, 0.25) is 0 Å². The van der Waals surface area contributed by atoms with Gasteiger partial charge in [0, 0.05) is 22.6 Å². The third-order valence-electron chi connectivity index (χ3n) is 5.97. The molecule has 2 aliphatic carbocycles.